The minimum absolute atomic E-state index is 0.185. The number of ether oxygens (including phenoxy) is 1. The van der Waals surface area contributed by atoms with Gasteiger partial charge in [-0.05, 0) is 43.4 Å². The van der Waals surface area contributed by atoms with Crippen LogP contribution < -0.4 is 0 Å². The zero-order valence-corrected chi connectivity index (χ0v) is 17.6. The molecule has 5 heteroatoms. The van der Waals surface area contributed by atoms with Gasteiger partial charge in [0.2, 0.25) is 0 Å². The molecule has 1 aliphatic rings. The van der Waals surface area contributed by atoms with Gasteiger partial charge in [-0.15, -0.1) is 0 Å². The minimum atomic E-state index is -1.19. The Morgan fingerprint density at radius 3 is 2.48 bits per heavy atom. The normalized spacial score (nSPS) is 17.1. The molecule has 0 bridgehead atoms. The van der Waals surface area contributed by atoms with Crippen LogP contribution in [0.25, 0.3) is 16.9 Å². The molecule has 1 fully saturated rings. The summed E-state index contributed by atoms with van der Waals surface area (Å²) in [6.45, 7) is 6.67. The van der Waals surface area contributed by atoms with Crippen molar-refractivity contribution in [2.24, 2.45) is 0 Å². The van der Waals surface area contributed by atoms with Gasteiger partial charge in [-0.2, -0.15) is 0 Å². The Kier molecular flexibility index (Phi) is 5.70. The molecular formula is C24H30FN3O. The van der Waals surface area contributed by atoms with Gasteiger partial charge in [0.25, 0.3) is 0 Å². The average molecular weight is 396 g/mol. The lowest BCUT2D eigenvalue weighted by atomic mass is 9.94. The van der Waals surface area contributed by atoms with E-state index in [4.69, 9.17) is 9.72 Å². The van der Waals surface area contributed by atoms with Crippen molar-refractivity contribution in [1.82, 2.24) is 14.3 Å². The van der Waals surface area contributed by atoms with Crippen LogP contribution in [0.15, 0.2) is 42.6 Å². The largest absolute Gasteiger partial charge is 0.381 e. The molecule has 3 heterocycles. The highest BCUT2D eigenvalue weighted by Crippen LogP contribution is 2.30. The summed E-state index contributed by atoms with van der Waals surface area (Å²) in [5.41, 5.74) is 5.61. The number of halogens is 1. The van der Waals surface area contributed by atoms with E-state index in [2.05, 4.69) is 65.7 Å². The summed E-state index contributed by atoms with van der Waals surface area (Å²) < 4.78 is 22.1. The summed E-state index contributed by atoms with van der Waals surface area (Å²) in [4.78, 5) is 7.28. The molecule has 0 saturated carbocycles. The zero-order chi connectivity index (χ0) is 20.4. The number of benzene rings is 1. The van der Waals surface area contributed by atoms with E-state index in [9.17, 15) is 4.39 Å². The average Bonchev–Trinajstić information content (AvgIpc) is 3.07. The van der Waals surface area contributed by atoms with E-state index in [1.54, 1.807) is 7.11 Å². The summed E-state index contributed by atoms with van der Waals surface area (Å²) in [6, 6.07) is 12.9. The van der Waals surface area contributed by atoms with Gasteiger partial charge in [-0.25, -0.2) is 9.37 Å². The van der Waals surface area contributed by atoms with Crippen LogP contribution in [-0.4, -0.2) is 46.8 Å². The number of rotatable bonds is 6. The number of alkyl halides is 1. The standard InChI is InChI=1S/C24H30FN3O/c1-4-19-6-8-20(9-7-19)23-21(28-15-18(2)5-10-22(28)26-23)16-27-13-11-24(25,12-14-27)17-29-3/h5-10,15H,4,11-14,16-17H2,1-3H3. The predicted molar refractivity (Wildman–Crippen MR) is 115 cm³/mol. The van der Waals surface area contributed by atoms with Gasteiger partial charge in [-0.1, -0.05) is 37.3 Å². The first-order valence-corrected chi connectivity index (χ1v) is 10.5. The highest BCUT2D eigenvalue weighted by molar-refractivity contribution is 5.67. The van der Waals surface area contributed by atoms with Crippen LogP contribution >= 0.6 is 0 Å². The number of pyridine rings is 1. The van der Waals surface area contributed by atoms with Gasteiger partial charge in [0.05, 0.1) is 18.0 Å². The molecule has 3 aromatic rings. The fourth-order valence-electron chi connectivity index (χ4n) is 4.21. The number of piperidine rings is 1. The van der Waals surface area contributed by atoms with Crippen molar-refractivity contribution in [3.8, 4) is 11.3 Å². The third kappa shape index (κ3) is 4.21. The molecule has 0 amide bonds. The van der Waals surface area contributed by atoms with Crippen LogP contribution in [0.1, 0.15) is 36.6 Å². The van der Waals surface area contributed by atoms with E-state index in [1.165, 1.54) is 16.8 Å². The monoisotopic (exact) mass is 395 g/mol. The van der Waals surface area contributed by atoms with E-state index >= 15 is 0 Å². The van der Waals surface area contributed by atoms with Crippen LogP contribution in [0.4, 0.5) is 4.39 Å². The number of aryl methyl sites for hydroxylation is 2. The first-order chi connectivity index (χ1) is 14.0. The lowest BCUT2D eigenvalue weighted by Gasteiger charge is -2.35. The maximum atomic E-state index is 14.8. The quantitative estimate of drug-likeness (QED) is 0.599. The SMILES string of the molecule is CCc1ccc(-c2nc3ccc(C)cn3c2CN2CCC(F)(COC)CC2)cc1. The van der Waals surface area contributed by atoms with Gasteiger partial charge in [-0.3, -0.25) is 4.90 Å². The number of hydrogen-bond donors (Lipinski definition) is 0. The van der Waals surface area contributed by atoms with Crippen molar-refractivity contribution >= 4 is 5.65 Å². The smallest absolute Gasteiger partial charge is 0.137 e. The highest BCUT2D eigenvalue weighted by atomic mass is 19.1. The van der Waals surface area contributed by atoms with Gasteiger partial charge in [0, 0.05) is 38.5 Å². The van der Waals surface area contributed by atoms with Gasteiger partial charge < -0.3 is 9.14 Å². The summed E-state index contributed by atoms with van der Waals surface area (Å²) in [5, 5.41) is 0. The fourth-order valence-corrected chi connectivity index (χ4v) is 4.21. The van der Waals surface area contributed by atoms with Gasteiger partial charge in [0.1, 0.15) is 11.3 Å². The number of likely N-dealkylation sites (tertiary alicyclic amines) is 1. The lowest BCUT2D eigenvalue weighted by Crippen LogP contribution is -2.44. The second-order valence-electron chi connectivity index (χ2n) is 8.25. The molecule has 4 nitrogen and oxygen atoms in total. The Labute approximate surface area is 172 Å². The molecule has 1 aliphatic heterocycles. The van der Waals surface area contributed by atoms with Crippen molar-refractivity contribution in [2.45, 2.75) is 45.3 Å². The number of methoxy groups -OCH3 is 1. The molecule has 0 atom stereocenters. The molecular weight excluding hydrogens is 365 g/mol. The van der Waals surface area contributed by atoms with Crippen LogP contribution in [0.2, 0.25) is 0 Å². The Hall–Kier alpha value is -2.24. The predicted octanol–water partition coefficient (Wildman–Crippen LogP) is 4.82. The van der Waals surface area contributed by atoms with Crippen molar-refractivity contribution in [3.63, 3.8) is 0 Å². The van der Waals surface area contributed by atoms with Crippen LogP contribution in [0.3, 0.4) is 0 Å². The van der Waals surface area contributed by atoms with Crippen LogP contribution in [0.5, 0.6) is 0 Å². The Morgan fingerprint density at radius 1 is 1.10 bits per heavy atom. The fraction of sp³-hybridized carbons (Fsp3) is 0.458. The topological polar surface area (TPSA) is 29.8 Å². The molecule has 1 aromatic carbocycles. The third-order valence-corrected chi connectivity index (χ3v) is 6.03. The van der Waals surface area contributed by atoms with E-state index in [1.807, 2.05) is 0 Å². The minimum Gasteiger partial charge on any atom is -0.381 e. The number of hydrogen-bond acceptors (Lipinski definition) is 3. The maximum absolute atomic E-state index is 14.8. The van der Waals surface area contributed by atoms with E-state index in [-0.39, 0.29) is 6.61 Å². The number of fused-ring (bicyclic) bond motifs is 1. The zero-order valence-electron chi connectivity index (χ0n) is 17.6. The lowest BCUT2D eigenvalue weighted by molar-refractivity contribution is -0.0104. The molecule has 4 rings (SSSR count). The molecule has 0 radical (unpaired) electrons. The van der Waals surface area contributed by atoms with E-state index < -0.39 is 5.67 Å². The van der Waals surface area contributed by atoms with Gasteiger partial charge >= 0.3 is 0 Å². The van der Waals surface area contributed by atoms with Crippen molar-refractivity contribution in [2.75, 3.05) is 26.8 Å². The van der Waals surface area contributed by atoms with Crippen molar-refractivity contribution in [3.05, 3.63) is 59.4 Å². The first-order valence-electron chi connectivity index (χ1n) is 10.5. The van der Waals surface area contributed by atoms with E-state index in [0.29, 0.717) is 12.8 Å². The number of nitrogens with zero attached hydrogens (tertiary/aromatic N) is 3. The summed E-state index contributed by atoms with van der Waals surface area (Å²) in [5.74, 6) is 0. The molecule has 0 aliphatic carbocycles. The first kappa shape index (κ1) is 20.0. The van der Waals surface area contributed by atoms with Crippen LogP contribution in [-0.2, 0) is 17.7 Å². The molecule has 154 valence electrons. The Balaban J connectivity index is 1.66. The summed E-state index contributed by atoms with van der Waals surface area (Å²) in [6.07, 6.45) is 4.20. The maximum Gasteiger partial charge on any atom is 0.137 e. The van der Waals surface area contributed by atoms with Crippen molar-refractivity contribution in [1.29, 1.82) is 0 Å². The summed E-state index contributed by atoms with van der Waals surface area (Å²) >= 11 is 0. The number of imidazole rings is 1. The Bertz CT molecular complexity index is 972. The van der Waals surface area contributed by atoms with Crippen molar-refractivity contribution < 1.29 is 9.13 Å². The second-order valence-corrected chi connectivity index (χ2v) is 8.25. The summed E-state index contributed by atoms with van der Waals surface area (Å²) in [7, 11) is 1.57. The van der Waals surface area contributed by atoms with Crippen LogP contribution in [0, 0.1) is 6.92 Å². The molecule has 1 saturated heterocycles. The molecule has 29 heavy (non-hydrogen) atoms. The molecule has 0 spiro atoms. The number of aromatic nitrogens is 2. The Morgan fingerprint density at radius 2 is 1.83 bits per heavy atom. The molecule has 2 aromatic heterocycles. The molecule has 0 N–H and O–H groups in total. The van der Waals surface area contributed by atoms with Gasteiger partial charge in [0.15, 0.2) is 0 Å². The molecule has 0 unspecified atom stereocenters. The van der Waals surface area contributed by atoms with E-state index in [0.717, 1.165) is 43.0 Å². The third-order valence-electron chi connectivity index (χ3n) is 6.03. The second kappa shape index (κ2) is 8.25. The highest BCUT2D eigenvalue weighted by Gasteiger charge is 2.35.